The molecule has 0 spiro atoms. The quantitative estimate of drug-likeness (QED) is 0.793. The largest absolute Gasteiger partial charge is 0.373 e. The van der Waals surface area contributed by atoms with Crippen molar-refractivity contribution in [3.8, 4) is 0 Å². The highest BCUT2D eigenvalue weighted by atomic mass is 35.5. The fraction of sp³-hybridized carbons (Fsp3) is 0.400. The molecule has 0 aliphatic heterocycles. The average molecular weight is 298 g/mol. The smallest absolute Gasteiger partial charge is 0.0827 e. The predicted octanol–water partition coefficient (Wildman–Crippen LogP) is 4.84. The van der Waals surface area contributed by atoms with E-state index in [1.807, 2.05) is 6.92 Å². The van der Waals surface area contributed by atoms with Gasteiger partial charge in [0.05, 0.1) is 22.8 Å². The number of pyridine rings is 1. The van der Waals surface area contributed by atoms with Crippen LogP contribution in [-0.2, 0) is 4.74 Å². The minimum Gasteiger partial charge on any atom is -0.373 e. The molecule has 3 atom stereocenters. The molecule has 1 aromatic heterocycles. The lowest BCUT2D eigenvalue weighted by Gasteiger charge is -2.23. The van der Waals surface area contributed by atoms with Gasteiger partial charge >= 0.3 is 0 Å². The van der Waals surface area contributed by atoms with Crippen molar-refractivity contribution >= 4 is 23.2 Å². The first kappa shape index (κ1) is 14.6. The van der Waals surface area contributed by atoms with Crippen molar-refractivity contribution in [1.29, 1.82) is 0 Å². The summed E-state index contributed by atoms with van der Waals surface area (Å²) in [4.78, 5) is 3.95. The van der Waals surface area contributed by atoms with Crippen LogP contribution in [0.1, 0.15) is 25.5 Å². The van der Waals surface area contributed by atoms with Crippen molar-refractivity contribution < 1.29 is 4.74 Å². The van der Waals surface area contributed by atoms with E-state index >= 15 is 0 Å². The number of halogens is 2. The van der Waals surface area contributed by atoms with Gasteiger partial charge in [-0.2, -0.15) is 0 Å². The first-order valence-corrected chi connectivity index (χ1v) is 7.10. The van der Waals surface area contributed by atoms with Gasteiger partial charge in [-0.25, -0.2) is 0 Å². The summed E-state index contributed by atoms with van der Waals surface area (Å²) >= 11 is 12.2. The molecule has 0 radical (unpaired) electrons. The van der Waals surface area contributed by atoms with Crippen LogP contribution in [0.5, 0.6) is 0 Å². The van der Waals surface area contributed by atoms with E-state index in [4.69, 9.17) is 27.9 Å². The zero-order chi connectivity index (χ0) is 13.8. The van der Waals surface area contributed by atoms with Gasteiger partial charge in [0, 0.05) is 23.9 Å². The zero-order valence-electron chi connectivity index (χ0n) is 11.0. The lowest BCUT2D eigenvalue weighted by molar-refractivity contribution is 0.0421. The first-order chi connectivity index (χ1) is 9.09. The van der Waals surface area contributed by atoms with Crippen molar-refractivity contribution in [3.63, 3.8) is 0 Å². The highest BCUT2D eigenvalue weighted by Gasteiger charge is 2.19. The molecule has 0 fully saturated rings. The maximum atomic E-state index is 6.12. The molecule has 0 N–H and O–H groups in total. The van der Waals surface area contributed by atoms with Crippen LogP contribution in [0.15, 0.2) is 36.7 Å². The van der Waals surface area contributed by atoms with Gasteiger partial charge in [-0.3, -0.25) is 4.98 Å². The SMILES string of the molecule is CC(OCC1C=CC=CC1C)c1c(Cl)cncc1Cl. The van der Waals surface area contributed by atoms with Gasteiger partial charge in [-0.1, -0.05) is 54.4 Å². The Bertz CT molecular complexity index is 479. The van der Waals surface area contributed by atoms with Crippen LogP contribution in [0.3, 0.4) is 0 Å². The van der Waals surface area contributed by atoms with Crippen LogP contribution in [0.4, 0.5) is 0 Å². The summed E-state index contributed by atoms with van der Waals surface area (Å²) in [5, 5.41) is 1.10. The Labute approximate surface area is 124 Å². The molecule has 19 heavy (non-hydrogen) atoms. The molecule has 0 saturated heterocycles. The Balaban J connectivity index is 2.00. The maximum absolute atomic E-state index is 6.12. The van der Waals surface area contributed by atoms with E-state index < -0.39 is 0 Å². The molecule has 0 saturated carbocycles. The molecule has 1 aromatic rings. The Hall–Kier alpha value is -0.830. The third-order valence-corrected chi connectivity index (χ3v) is 4.00. The Morgan fingerprint density at radius 3 is 2.47 bits per heavy atom. The number of nitrogens with zero attached hydrogens (tertiary/aromatic N) is 1. The van der Waals surface area contributed by atoms with Crippen LogP contribution >= 0.6 is 23.2 Å². The first-order valence-electron chi connectivity index (χ1n) is 6.35. The number of rotatable bonds is 4. The molecule has 1 heterocycles. The standard InChI is InChI=1S/C15H17Cl2NO/c1-10-5-3-4-6-12(10)9-19-11(2)15-13(16)7-18-8-14(15)17/h3-8,10-12H,9H2,1-2H3. The zero-order valence-corrected chi connectivity index (χ0v) is 12.5. The van der Waals surface area contributed by atoms with Crippen molar-refractivity contribution in [2.45, 2.75) is 20.0 Å². The predicted molar refractivity (Wildman–Crippen MR) is 79.6 cm³/mol. The molecular formula is C15H17Cl2NO. The summed E-state index contributed by atoms with van der Waals surface area (Å²) in [5.41, 5.74) is 0.807. The van der Waals surface area contributed by atoms with Crippen molar-refractivity contribution in [2.24, 2.45) is 11.8 Å². The molecule has 4 heteroatoms. The fourth-order valence-corrected chi connectivity index (χ4v) is 2.79. The molecule has 0 bridgehead atoms. The molecule has 1 aliphatic carbocycles. The molecule has 102 valence electrons. The van der Waals surface area contributed by atoms with E-state index in [0.29, 0.717) is 28.5 Å². The monoisotopic (exact) mass is 297 g/mol. The number of hydrogen-bond acceptors (Lipinski definition) is 2. The summed E-state index contributed by atoms with van der Waals surface area (Å²) < 4.78 is 5.92. The number of ether oxygens (including phenoxy) is 1. The van der Waals surface area contributed by atoms with Crippen LogP contribution in [0.2, 0.25) is 10.0 Å². The molecule has 0 aromatic carbocycles. The second kappa shape index (κ2) is 6.56. The van der Waals surface area contributed by atoms with Crippen LogP contribution in [0, 0.1) is 11.8 Å². The Kier molecular flexibility index (Phi) is 5.03. The second-order valence-electron chi connectivity index (χ2n) is 4.79. The second-order valence-corrected chi connectivity index (χ2v) is 5.60. The number of hydrogen-bond donors (Lipinski definition) is 0. The average Bonchev–Trinajstić information content (AvgIpc) is 2.37. The molecule has 3 unspecified atom stereocenters. The van der Waals surface area contributed by atoms with Gasteiger partial charge in [-0.05, 0) is 12.8 Å². The minimum atomic E-state index is -0.144. The van der Waals surface area contributed by atoms with Gasteiger partial charge < -0.3 is 4.74 Å². The van der Waals surface area contributed by atoms with Crippen molar-refractivity contribution in [1.82, 2.24) is 4.98 Å². The normalized spacial score (nSPS) is 23.6. The molecule has 1 aliphatic rings. The van der Waals surface area contributed by atoms with Crippen molar-refractivity contribution in [2.75, 3.05) is 6.61 Å². The van der Waals surface area contributed by atoms with E-state index in [1.165, 1.54) is 0 Å². The summed E-state index contributed by atoms with van der Waals surface area (Å²) in [7, 11) is 0. The lowest BCUT2D eigenvalue weighted by atomic mass is 9.91. The summed E-state index contributed by atoms with van der Waals surface area (Å²) in [6.07, 6.45) is 11.5. The minimum absolute atomic E-state index is 0.144. The molecule has 2 nitrogen and oxygen atoms in total. The third kappa shape index (κ3) is 3.59. The number of allylic oxidation sites excluding steroid dienone is 3. The lowest BCUT2D eigenvalue weighted by Crippen LogP contribution is -2.17. The Morgan fingerprint density at radius 2 is 1.84 bits per heavy atom. The molecule has 2 rings (SSSR count). The maximum Gasteiger partial charge on any atom is 0.0827 e. The van der Waals surface area contributed by atoms with Gasteiger partial charge in [0.1, 0.15) is 0 Å². The highest BCUT2D eigenvalue weighted by Crippen LogP contribution is 2.32. The Morgan fingerprint density at radius 1 is 1.21 bits per heavy atom. The van der Waals surface area contributed by atoms with Gasteiger partial charge in [-0.15, -0.1) is 0 Å². The summed E-state index contributed by atoms with van der Waals surface area (Å²) in [6, 6.07) is 0. The van der Waals surface area contributed by atoms with Crippen LogP contribution in [0.25, 0.3) is 0 Å². The van der Waals surface area contributed by atoms with E-state index in [2.05, 4.69) is 36.2 Å². The van der Waals surface area contributed by atoms with E-state index in [9.17, 15) is 0 Å². The topological polar surface area (TPSA) is 22.1 Å². The van der Waals surface area contributed by atoms with Crippen LogP contribution < -0.4 is 0 Å². The summed E-state index contributed by atoms with van der Waals surface area (Å²) in [6.45, 7) is 4.80. The van der Waals surface area contributed by atoms with Gasteiger partial charge in [0.2, 0.25) is 0 Å². The number of aromatic nitrogens is 1. The van der Waals surface area contributed by atoms with Gasteiger partial charge in [0.25, 0.3) is 0 Å². The van der Waals surface area contributed by atoms with E-state index in [0.717, 1.165) is 5.56 Å². The molecular weight excluding hydrogens is 281 g/mol. The third-order valence-electron chi connectivity index (χ3n) is 3.40. The molecule has 0 amide bonds. The van der Waals surface area contributed by atoms with Crippen molar-refractivity contribution in [3.05, 3.63) is 52.3 Å². The van der Waals surface area contributed by atoms with Gasteiger partial charge in [0.15, 0.2) is 0 Å². The fourth-order valence-electron chi connectivity index (χ4n) is 2.12. The van der Waals surface area contributed by atoms with E-state index in [-0.39, 0.29) is 6.10 Å². The van der Waals surface area contributed by atoms with Crippen LogP contribution in [-0.4, -0.2) is 11.6 Å². The van der Waals surface area contributed by atoms with E-state index in [1.54, 1.807) is 12.4 Å². The highest BCUT2D eigenvalue weighted by molar-refractivity contribution is 6.35. The summed E-state index contributed by atoms with van der Waals surface area (Å²) in [5.74, 6) is 0.882.